The van der Waals surface area contributed by atoms with E-state index >= 15 is 0 Å². The van der Waals surface area contributed by atoms with Gasteiger partial charge in [0.2, 0.25) is 0 Å². The van der Waals surface area contributed by atoms with E-state index in [1.165, 1.54) is 0 Å². The lowest BCUT2D eigenvalue weighted by Gasteiger charge is -2.30. The molecule has 0 aliphatic carbocycles. The highest BCUT2D eigenvalue weighted by Crippen LogP contribution is 2.38. The Labute approximate surface area is 146 Å². The second-order valence-electron chi connectivity index (χ2n) is 8.56. The molecule has 2 aromatic rings. The van der Waals surface area contributed by atoms with Crippen molar-refractivity contribution in [3.8, 4) is 0 Å². The molecule has 2 N–H and O–H groups in total. The number of hydrogen-bond donors (Lipinski definition) is 2. The van der Waals surface area contributed by atoms with Crippen molar-refractivity contribution in [3.63, 3.8) is 0 Å². The molecule has 0 unspecified atom stereocenters. The van der Waals surface area contributed by atoms with Crippen molar-refractivity contribution >= 4 is 0 Å². The van der Waals surface area contributed by atoms with E-state index in [9.17, 15) is 10.2 Å². The van der Waals surface area contributed by atoms with Crippen molar-refractivity contribution in [3.05, 3.63) is 70.8 Å². The van der Waals surface area contributed by atoms with Gasteiger partial charge in [0.1, 0.15) is 12.2 Å². The molecule has 0 heterocycles. The van der Waals surface area contributed by atoms with Gasteiger partial charge in [0.15, 0.2) is 0 Å². The molecule has 0 amide bonds. The van der Waals surface area contributed by atoms with Gasteiger partial charge in [-0.05, 0) is 33.1 Å². The number of aliphatic hydroxyl groups is 2. The molecule has 2 rings (SSSR count). The van der Waals surface area contributed by atoms with Gasteiger partial charge in [0, 0.05) is 0 Å². The maximum absolute atomic E-state index is 10.9. The van der Waals surface area contributed by atoms with Gasteiger partial charge < -0.3 is 10.2 Å². The fourth-order valence-electron chi connectivity index (χ4n) is 3.22. The van der Waals surface area contributed by atoms with Crippen LogP contribution >= 0.6 is 0 Å². The van der Waals surface area contributed by atoms with Crippen LogP contribution in [0.15, 0.2) is 48.5 Å². The summed E-state index contributed by atoms with van der Waals surface area (Å²) >= 11 is 0. The van der Waals surface area contributed by atoms with E-state index in [0.29, 0.717) is 0 Å². The van der Waals surface area contributed by atoms with Crippen LogP contribution in [0.4, 0.5) is 0 Å². The fourth-order valence-corrected chi connectivity index (χ4v) is 3.22. The molecule has 0 aromatic heterocycles. The first-order valence-corrected chi connectivity index (χ1v) is 8.58. The van der Waals surface area contributed by atoms with E-state index in [0.717, 1.165) is 22.3 Å². The lowest BCUT2D eigenvalue weighted by Crippen LogP contribution is -2.22. The number of hydrogen-bond acceptors (Lipinski definition) is 2. The average molecular weight is 326 g/mol. The monoisotopic (exact) mass is 326 g/mol. The highest BCUT2D eigenvalue weighted by atomic mass is 16.3. The highest BCUT2D eigenvalue weighted by molar-refractivity contribution is 5.39. The van der Waals surface area contributed by atoms with Gasteiger partial charge in [-0.2, -0.15) is 0 Å². The second-order valence-corrected chi connectivity index (χ2v) is 8.56. The van der Waals surface area contributed by atoms with Crippen LogP contribution in [0.5, 0.6) is 0 Å². The van der Waals surface area contributed by atoms with Gasteiger partial charge in [-0.25, -0.2) is 0 Å². The van der Waals surface area contributed by atoms with Crippen LogP contribution in [-0.2, 0) is 10.8 Å². The SMILES string of the molecule is CC(C)(C)c1ccccc1[C@@H](O)[C@H](O)c1ccccc1C(C)(C)C. The van der Waals surface area contributed by atoms with Crippen molar-refractivity contribution in [1.29, 1.82) is 0 Å². The van der Waals surface area contributed by atoms with Gasteiger partial charge in [0.05, 0.1) is 0 Å². The van der Waals surface area contributed by atoms with Crippen LogP contribution < -0.4 is 0 Å². The van der Waals surface area contributed by atoms with Gasteiger partial charge in [-0.1, -0.05) is 90.1 Å². The first kappa shape index (κ1) is 18.7. The second kappa shape index (κ2) is 6.70. The standard InChI is InChI=1S/C22H30O2/c1-21(2,3)17-13-9-7-11-15(17)19(23)20(24)16-12-8-10-14-18(16)22(4,5)6/h7-14,19-20,23-24H,1-6H3/t19-,20-/m1/s1. The van der Waals surface area contributed by atoms with Gasteiger partial charge in [-0.3, -0.25) is 0 Å². The summed E-state index contributed by atoms with van der Waals surface area (Å²) in [7, 11) is 0. The topological polar surface area (TPSA) is 40.5 Å². The molecule has 0 saturated carbocycles. The van der Waals surface area contributed by atoms with Crippen LogP contribution in [0, 0.1) is 0 Å². The molecule has 0 fully saturated rings. The molecule has 0 saturated heterocycles. The number of rotatable bonds is 3. The minimum Gasteiger partial charge on any atom is -0.385 e. The smallest absolute Gasteiger partial charge is 0.109 e. The highest BCUT2D eigenvalue weighted by Gasteiger charge is 2.29. The molecule has 0 bridgehead atoms. The Balaban J connectivity index is 2.48. The lowest BCUT2D eigenvalue weighted by molar-refractivity contribution is 0.0152. The number of benzene rings is 2. The van der Waals surface area contributed by atoms with Crippen molar-refractivity contribution in [1.82, 2.24) is 0 Å². The zero-order valence-electron chi connectivity index (χ0n) is 15.7. The van der Waals surface area contributed by atoms with Crippen molar-refractivity contribution in [2.75, 3.05) is 0 Å². The van der Waals surface area contributed by atoms with Gasteiger partial charge in [-0.15, -0.1) is 0 Å². The molecule has 2 heteroatoms. The molecule has 0 aliphatic rings. The Bertz CT molecular complexity index is 628. The third-order valence-electron chi connectivity index (χ3n) is 4.47. The maximum Gasteiger partial charge on any atom is 0.109 e. The molecule has 0 radical (unpaired) electrons. The molecule has 130 valence electrons. The Morgan fingerprint density at radius 3 is 1.17 bits per heavy atom. The minimum absolute atomic E-state index is 0.0964. The summed E-state index contributed by atoms with van der Waals surface area (Å²) in [6.07, 6.45) is -1.91. The van der Waals surface area contributed by atoms with E-state index in [2.05, 4.69) is 41.5 Å². The summed E-state index contributed by atoms with van der Waals surface area (Å²) in [6.45, 7) is 12.7. The van der Waals surface area contributed by atoms with Crippen LogP contribution in [0.25, 0.3) is 0 Å². The van der Waals surface area contributed by atoms with Gasteiger partial charge >= 0.3 is 0 Å². The first-order chi connectivity index (χ1) is 11.0. The Morgan fingerprint density at radius 2 is 0.875 bits per heavy atom. The molecular weight excluding hydrogens is 296 g/mol. The third-order valence-corrected chi connectivity index (χ3v) is 4.47. The summed E-state index contributed by atoms with van der Waals surface area (Å²) < 4.78 is 0. The predicted molar refractivity (Wildman–Crippen MR) is 100 cm³/mol. The van der Waals surface area contributed by atoms with Crippen LogP contribution in [0.1, 0.15) is 76.0 Å². The molecular formula is C22H30O2. The van der Waals surface area contributed by atoms with E-state index < -0.39 is 12.2 Å². The largest absolute Gasteiger partial charge is 0.385 e. The van der Waals surface area contributed by atoms with E-state index in [4.69, 9.17) is 0 Å². The zero-order chi connectivity index (χ0) is 18.1. The Morgan fingerprint density at radius 1 is 0.583 bits per heavy atom. The van der Waals surface area contributed by atoms with Crippen molar-refractivity contribution in [2.45, 2.75) is 64.6 Å². The molecule has 2 aromatic carbocycles. The minimum atomic E-state index is -0.955. The molecule has 24 heavy (non-hydrogen) atoms. The Kier molecular flexibility index (Phi) is 5.22. The van der Waals surface area contributed by atoms with Crippen LogP contribution in [0.3, 0.4) is 0 Å². The van der Waals surface area contributed by atoms with E-state index in [1.807, 2.05) is 48.5 Å². The summed E-state index contributed by atoms with van der Waals surface area (Å²) in [5.41, 5.74) is 3.51. The van der Waals surface area contributed by atoms with E-state index in [-0.39, 0.29) is 10.8 Å². The van der Waals surface area contributed by atoms with Crippen molar-refractivity contribution in [2.24, 2.45) is 0 Å². The third kappa shape index (κ3) is 3.88. The van der Waals surface area contributed by atoms with Gasteiger partial charge in [0.25, 0.3) is 0 Å². The summed E-state index contributed by atoms with van der Waals surface area (Å²) in [5, 5.41) is 21.9. The molecule has 2 atom stereocenters. The first-order valence-electron chi connectivity index (χ1n) is 8.58. The van der Waals surface area contributed by atoms with Crippen LogP contribution in [-0.4, -0.2) is 10.2 Å². The van der Waals surface area contributed by atoms with Crippen molar-refractivity contribution < 1.29 is 10.2 Å². The molecule has 2 nitrogen and oxygen atoms in total. The maximum atomic E-state index is 10.9. The normalized spacial score (nSPS) is 15.2. The molecule has 0 spiro atoms. The molecule has 0 aliphatic heterocycles. The number of aliphatic hydroxyl groups excluding tert-OH is 2. The average Bonchev–Trinajstić information content (AvgIpc) is 2.52. The Hall–Kier alpha value is -1.64. The van der Waals surface area contributed by atoms with E-state index in [1.54, 1.807) is 0 Å². The summed E-state index contributed by atoms with van der Waals surface area (Å²) in [4.78, 5) is 0. The summed E-state index contributed by atoms with van der Waals surface area (Å²) in [6, 6.07) is 15.7. The predicted octanol–water partition coefficient (Wildman–Crippen LogP) is 5.05. The zero-order valence-corrected chi connectivity index (χ0v) is 15.7. The van der Waals surface area contributed by atoms with Crippen LogP contribution in [0.2, 0.25) is 0 Å². The lowest BCUT2D eigenvalue weighted by atomic mass is 9.78. The fraction of sp³-hybridized carbons (Fsp3) is 0.455. The summed E-state index contributed by atoms with van der Waals surface area (Å²) in [5.74, 6) is 0. The quantitative estimate of drug-likeness (QED) is 0.828.